The first-order chi connectivity index (χ1) is 10.5. The topological polar surface area (TPSA) is 73.9 Å². The molecule has 0 saturated heterocycles. The Balaban J connectivity index is 1.93. The lowest BCUT2D eigenvalue weighted by Crippen LogP contribution is -2.37. The van der Waals surface area contributed by atoms with Crippen LogP contribution in [0.15, 0.2) is 18.2 Å². The highest BCUT2D eigenvalue weighted by Crippen LogP contribution is 2.32. The van der Waals surface area contributed by atoms with E-state index in [1.807, 2.05) is 6.92 Å². The summed E-state index contributed by atoms with van der Waals surface area (Å²) in [6.45, 7) is 1.91. The second kappa shape index (κ2) is 7.15. The number of amides is 1. The van der Waals surface area contributed by atoms with E-state index in [9.17, 15) is 9.59 Å². The number of carbonyl (C=O) groups is 2. The summed E-state index contributed by atoms with van der Waals surface area (Å²) in [5, 5.41) is 2.91. The highest BCUT2D eigenvalue weighted by Gasteiger charge is 2.28. The number of ether oxygens (including phenoxy) is 3. The minimum atomic E-state index is -0.458. The zero-order chi connectivity index (χ0) is 16.1. The predicted molar refractivity (Wildman–Crippen MR) is 80.2 cm³/mol. The first kappa shape index (κ1) is 16.1. The lowest BCUT2D eigenvalue weighted by molar-refractivity contribution is -0.123. The highest BCUT2D eigenvalue weighted by atomic mass is 16.5. The molecule has 6 nitrogen and oxygen atoms in total. The molecule has 22 heavy (non-hydrogen) atoms. The molecule has 0 heterocycles. The normalized spacial score (nSPS) is 14.9. The molecule has 1 amide bonds. The molecule has 2 rings (SSSR count). The zero-order valence-corrected chi connectivity index (χ0v) is 13.0. The number of methoxy groups -OCH3 is 2. The van der Waals surface area contributed by atoms with Crippen molar-refractivity contribution in [3.63, 3.8) is 0 Å². The van der Waals surface area contributed by atoms with E-state index in [2.05, 4.69) is 10.1 Å². The van der Waals surface area contributed by atoms with Gasteiger partial charge in [0.15, 0.2) is 18.1 Å². The molecule has 1 saturated carbocycles. The zero-order valence-electron chi connectivity index (χ0n) is 13.0. The molecule has 120 valence electrons. The Morgan fingerprint density at radius 2 is 2.00 bits per heavy atom. The van der Waals surface area contributed by atoms with E-state index < -0.39 is 5.97 Å². The van der Waals surface area contributed by atoms with Gasteiger partial charge in [-0.05, 0) is 43.9 Å². The van der Waals surface area contributed by atoms with Gasteiger partial charge in [-0.15, -0.1) is 0 Å². The summed E-state index contributed by atoms with van der Waals surface area (Å²) >= 11 is 0. The van der Waals surface area contributed by atoms with Crippen molar-refractivity contribution >= 4 is 11.9 Å². The molecular formula is C16H21NO5. The minimum absolute atomic E-state index is 0.0923. The summed E-state index contributed by atoms with van der Waals surface area (Å²) in [5.41, 5.74) is 0.360. The Kier molecular flexibility index (Phi) is 5.25. The molecule has 0 spiro atoms. The molecule has 6 heteroatoms. The lowest BCUT2D eigenvalue weighted by atomic mass is 10.2. The maximum absolute atomic E-state index is 11.8. The first-order valence-electron chi connectivity index (χ1n) is 7.23. The second-order valence-electron chi connectivity index (χ2n) is 5.34. The summed E-state index contributed by atoms with van der Waals surface area (Å²) in [6.07, 6.45) is 2.34. The van der Waals surface area contributed by atoms with Gasteiger partial charge in [0.05, 0.1) is 19.8 Å². The fraction of sp³-hybridized carbons (Fsp3) is 0.500. The van der Waals surface area contributed by atoms with Gasteiger partial charge in [-0.25, -0.2) is 4.79 Å². The van der Waals surface area contributed by atoms with Crippen molar-refractivity contribution in [2.24, 2.45) is 5.92 Å². The molecule has 1 unspecified atom stereocenters. The van der Waals surface area contributed by atoms with Crippen molar-refractivity contribution in [3.8, 4) is 11.5 Å². The van der Waals surface area contributed by atoms with E-state index >= 15 is 0 Å². The van der Waals surface area contributed by atoms with Crippen LogP contribution in [0.4, 0.5) is 0 Å². The van der Waals surface area contributed by atoms with Crippen LogP contribution in [0.3, 0.4) is 0 Å². The highest BCUT2D eigenvalue weighted by molar-refractivity contribution is 5.90. The van der Waals surface area contributed by atoms with E-state index in [0.29, 0.717) is 23.0 Å². The van der Waals surface area contributed by atoms with Crippen LogP contribution in [0.25, 0.3) is 0 Å². The van der Waals surface area contributed by atoms with Crippen LogP contribution in [0.2, 0.25) is 0 Å². The predicted octanol–water partition coefficient (Wildman–Crippen LogP) is 1.78. The van der Waals surface area contributed by atoms with E-state index in [1.54, 1.807) is 12.1 Å². The van der Waals surface area contributed by atoms with Gasteiger partial charge in [0, 0.05) is 6.04 Å². The summed E-state index contributed by atoms with van der Waals surface area (Å²) in [5.74, 6) is 0.757. The van der Waals surface area contributed by atoms with Gasteiger partial charge >= 0.3 is 5.97 Å². The fourth-order valence-corrected chi connectivity index (χ4v) is 2.18. The van der Waals surface area contributed by atoms with Crippen LogP contribution in [0, 0.1) is 5.92 Å². The van der Waals surface area contributed by atoms with Gasteiger partial charge in [0.25, 0.3) is 5.91 Å². The van der Waals surface area contributed by atoms with Crippen molar-refractivity contribution in [2.75, 3.05) is 20.8 Å². The van der Waals surface area contributed by atoms with Crippen LogP contribution in [-0.2, 0) is 9.53 Å². The van der Waals surface area contributed by atoms with Gasteiger partial charge in [-0.3, -0.25) is 4.79 Å². The van der Waals surface area contributed by atoms with Crippen LogP contribution in [-0.4, -0.2) is 38.7 Å². The fourth-order valence-electron chi connectivity index (χ4n) is 2.18. The van der Waals surface area contributed by atoms with E-state index in [1.165, 1.54) is 33.1 Å². The Labute approximate surface area is 129 Å². The van der Waals surface area contributed by atoms with Crippen LogP contribution >= 0.6 is 0 Å². The molecule has 0 aromatic heterocycles. The summed E-state index contributed by atoms with van der Waals surface area (Å²) in [6, 6.07) is 4.85. The first-order valence-corrected chi connectivity index (χ1v) is 7.23. The Morgan fingerprint density at radius 1 is 1.27 bits per heavy atom. The minimum Gasteiger partial charge on any atom is -0.493 e. The largest absolute Gasteiger partial charge is 0.493 e. The number of rotatable bonds is 7. The molecule has 1 aliphatic carbocycles. The molecule has 0 aliphatic heterocycles. The van der Waals surface area contributed by atoms with Crippen molar-refractivity contribution in [2.45, 2.75) is 25.8 Å². The summed E-state index contributed by atoms with van der Waals surface area (Å²) < 4.78 is 15.3. The van der Waals surface area contributed by atoms with Gasteiger partial charge in [0.1, 0.15) is 0 Å². The molecule has 1 fully saturated rings. The van der Waals surface area contributed by atoms with Gasteiger partial charge in [-0.2, -0.15) is 0 Å². The van der Waals surface area contributed by atoms with Crippen molar-refractivity contribution in [3.05, 3.63) is 23.8 Å². The van der Waals surface area contributed by atoms with Crippen LogP contribution in [0.5, 0.6) is 11.5 Å². The standard InChI is InChI=1S/C16H21NO5/c1-10(11-4-5-11)17-15(18)9-22-13-7-6-12(16(19)21-3)8-14(13)20-2/h6-8,10-11H,4-5,9H2,1-3H3,(H,17,18). The third-order valence-corrected chi connectivity index (χ3v) is 3.66. The number of carbonyl (C=O) groups excluding carboxylic acids is 2. The van der Waals surface area contributed by atoms with Crippen molar-refractivity contribution in [1.82, 2.24) is 5.32 Å². The number of hydrogen-bond acceptors (Lipinski definition) is 5. The number of nitrogens with one attached hydrogen (secondary N) is 1. The third-order valence-electron chi connectivity index (χ3n) is 3.66. The average molecular weight is 307 g/mol. The second-order valence-corrected chi connectivity index (χ2v) is 5.34. The molecule has 1 aromatic carbocycles. The van der Waals surface area contributed by atoms with Gasteiger partial charge in [-0.1, -0.05) is 0 Å². The van der Waals surface area contributed by atoms with E-state index in [-0.39, 0.29) is 18.6 Å². The Bertz CT molecular complexity index is 553. The monoisotopic (exact) mass is 307 g/mol. The van der Waals surface area contributed by atoms with Crippen molar-refractivity contribution < 1.29 is 23.8 Å². The molecule has 1 atom stereocenters. The molecule has 0 radical (unpaired) electrons. The SMILES string of the molecule is COC(=O)c1ccc(OCC(=O)NC(C)C2CC2)c(OC)c1. The molecule has 1 aromatic rings. The lowest BCUT2D eigenvalue weighted by Gasteiger charge is -2.14. The van der Waals surface area contributed by atoms with Gasteiger partial charge < -0.3 is 19.5 Å². The maximum atomic E-state index is 11.8. The Morgan fingerprint density at radius 3 is 2.59 bits per heavy atom. The van der Waals surface area contributed by atoms with E-state index in [4.69, 9.17) is 9.47 Å². The average Bonchev–Trinajstić information content (AvgIpc) is 3.36. The Hall–Kier alpha value is -2.24. The number of hydrogen-bond donors (Lipinski definition) is 1. The van der Waals surface area contributed by atoms with Gasteiger partial charge in [0.2, 0.25) is 0 Å². The summed E-state index contributed by atoms with van der Waals surface area (Å²) in [4.78, 5) is 23.3. The maximum Gasteiger partial charge on any atom is 0.337 e. The molecule has 1 aliphatic rings. The number of benzene rings is 1. The third kappa shape index (κ3) is 4.13. The quantitative estimate of drug-likeness (QED) is 0.777. The van der Waals surface area contributed by atoms with Crippen molar-refractivity contribution in [1.29, 1.82) is 0 Å². The number of esters is 1. The van der Waals surface area contributed by atoms with Crippen LogP contribution in [0.1, 0.15) is 30.1 Å². The molecule has 0 bridgehead atoms. The van der Waals surface area contributed by atoms with E-state index in [0.717, 1.165) is 0 Å². The molecule has 1 N–H and O–H groups in total. The van der Waals surface area contributed by atoms with Crippen LogP contribution < -0.4 is 14.8 Å². The molecular weight excluding hydrogens is 286 g/mol. The summed E-state index contributed by atoms with van der Waals surface area (Å²) in [7, 11) is 2.78. The smallest absolute Gasteiger partial charge is 0.337 e.